The Labute approximate surface area is 256 Å². The monoisotopic (exact) mass is 612 g/mol. The summed E-state index contributed by atoms with van der Waals surface area (Å²) in [6.07, 6.45) is 3.13. The third kappa shape index (κ3) is 8.77. The molecule has 2 amide bonds. The van der Waals surface area contributed by atoms with Crippen molar-refractivity contribution in [2.24, 2.45) is 0 Å². The molecule has 0 fully saturated rings. The third-order valence-corrected chi connectivity index (χ3v) is 8.05. The average molecular weight is 613 g/mol. The lowest BCUT2D eigenvalue weighted by Crippen LogP contribution is -2.38. The number of anilines is 1. The number of hydrogen-bond donors (Lipinski definition) is 3. The van der Waals surface area contributed by atoms with Crippen LogP contribution in [0.2, 0.25) is 0 Å². The van der Waals surface area contributed by atoms with Crippen LogP contribution in [-0.4, -0.2) is 46.8 Å². The number of carbonyl (C=O) groups is 1. The minimum absolute atomic E-state index is 0.133. The number of hydrogen-bond acceptors (Lipinski definition) is 7. The Hall–Kier alpha value is -4.45. The highest BCUT2D eigenvalue weighted by atomic mass is 32.2. The van der Waals surface area contributed by atoms with Gasteiger partial charge >= 0.3 is 6.03 Å². The molecule has 0 saturated carbocycles. The lowest BCUT2D eigenvalue weighted by atomic mass is 9.88. The van der Waals surface area contributed by atoms with Gasteiger partial charge in [-0.05, 0) is 35.2 Å². The molecule has 220 valence electrons. The van der Waals surface area contributed by atoms with Crippen molar-refractivity contribution < 1.29 is 13.2 Å². The van der Waals surface area contributed by atoms with Crippen LogP contribution in [0.1, 0.15) is 34.7 Å². The molecular formula is C32H32N6O3S2. The number of pyridine rings is 1. The van der Waals surface area contributed by atoms with Crippen molar-refractivity contribution in [3.8, 4) is 11.4 Å². The van der Waals surface area contributed by atoms with Crippen molar-refractivity contribution in [2.75, 3.05) is 18.4 Å². The first kappa shape index (κ1) is 30.0. The van der Waals surface area contributed by atoms with Crippen molar-refractivity contribution in [1.29, 1.82) is 0 Å². The Morgan fingerprint density at radius 3 is 2.14 bits per heavy atom. The molecule has 0 saturated heterocycles. The first-order valence-electron chi connectivity index (χ1n) is 13.9. The summed E-state index contributed by atoms with van der Waals surface area (Å²) in [4.78, 5) is 24.4. The summed E-state index contributed by atoms with van der Waals surface area (Å²) in [5.74, 6) is 0.621. The number of nitrogens with one attached hydrogen (secondary N) is 2. The van der Waals surface area contributed by atoms with Gasteiger partial charge in [-0.3, -0.25) is 10.3 Å². The summed E-state index contributed by atoms with van der Waals surface area (Å²) >= 11 is 1.12. The van der Waals surface area contributed by atoms with Gasteiger partial charge in [-0.25, -0.2) is 17.9 Å². The Balaban J connectivity index is 1.29. The van der Waals surface area contributed by atoms with Crippen LogP contribution in [0.4, 0.5) is 9.93 Å². The molecule has 0 aliphatic heterocycles. The zero-order valence-corrected chi connectivity index (χ0v) is 25.1. The standard InChI is InChI=1S/C32H32N6O3S2/c39-32(36-31-35-30(37-42-31)27-16-14-24(15-17-27)23-34-43(40)41)38(21-18-28-13-7-8-20-33-28)22-19-29(25-9-3-1-4-10-25)26-11-5-2-6-12-26/h1-17,20,29,43H,18-19,21-23H2,(H,34,40,41)(H,35,36,37,39). The number of carbonyl (C=O) groups excluding carboxylic acids is 1. The summed E-state index contributed by atoms with van der Waals surface area (Å²) in [7, 11) is -2.65. The number of aromatic nitrogens is 3. The van der Waals surface area contributed by atoms with Crippen LogP contribution in [-0.2, 0) is 23.9 Å². The SMILES string of the molecule is O=C(Nc1nc(-c2ccc(CN[SH](=O)=O)cc2)ns1)N(CCc1ccccn1)CCC(c1ccccc1)c1ccccc1. The molecule has 0 aliphatic rings. The summed E-state index contributed by atoms with van der Waals surface area (Å²) in [6, 6.07) is 33.6. The van der Waals surface area contributed by atoms with E-state index in [0.29, 0.717) is 30.5 Å². The van der Waals surface area contributed by atoms with E-state index in [-0.39, 0.29) is 18.5 Å². The van der Waals surface area contributed by atoms with Gasteiger partial charge in [0, 0.05) is 61.0 Å². The fourth-order valence-corrected chi connectivity index (χ4v) is 5.67. The summed E-state index contributed by atoms with van der Waals surface area (Å²) in [6.45, 7) is 1.24. The van der Waals surface area contributed by atoms with Gasteiger partial charge in [0.25, 0.3) is 0 Å². The van der Waals surface area contributed by atoms with E-state index in [0.717, 1.165) is 34.8 Å². The normalized spacial score (nSPS) is 11.1. The van der Waals surface area contributed by atoms with Gasteiger partial charge in [0.1, 0.15) is 0 Å². The molecule has 0 bridgehead atoms. The van der Waals surface area contributed by atoms with E-state index < -0.39 is 10.9 Å². The lowest BCUT2D eigenvalue weighted by Gasteiger charge is -2.26. The van der Waals surface area contributed by atoms with E-state index in [1.54, 1.807) is 6.20 Å². The van der Waals surface area contributed by atoms with E-state index in [1.807, 2.05) is 83.8 Å². The maximum atomic E-state index is 13.6. The predicted molar refractivity (Wildman–Crippen MR) is 170 cm³/mol. The van der Waals surface area contributed by atoms with E-state index in [9.17, 15) is 13.2 Å². The van der Waals surface area contributed by atoms with Crippen LogP contribution >= 0.6 is 11.5 Å². The van der Waals surface area contributed by atoms with Gasteiger partial charge < -0.3 is 4.90 Å². The van der Waals surface area contributed by atoms with E-state index in [1.165, 1.54) is 11.1 Å². The second-order valence-electron chi connectivity index (χ2n) is 9.86. The number of nitrogens with zero attached hydrogens (tertiary/aromatic N) is 4. The molecule has 2 aromatic heterocycles. The topological polar surface area (TPSA) is 117 Å². The minimum Gasteiger partial charge on any atom is -0.324 e. The van der Waals surface area contributed by atoms with Gasteiger partial charge in [-0.15, -0.1) is 0 Å². The highest BCUT2D eigenvalue weighted by Crippen LogP contribution is 2.28. The van der Waals surface area contributed by atoms with Gasteiger partial charge in [-0.1, -0.05) is 91.0 Å². The van der Waals surface area contributed by atoms with E-state index in [4.69, 9.17) is 0 Å². The molecule has 9 nitrogen and oxygen atoms in total. The second-order valence-corrected chi connectivity index (χ2v) is 11.4. The van der Waals surface area contributed by atoms with Gasteiger partial charge in [-0.2, -0.15) is 9.36 Å². The second kappa shape index (κ2) is 15.1. The number of urea groups is 1. The molecule has 0 aliphatic carbocycles. The highest BCUT2D eigenvalue weighted by molar-refractivity contribution is 7.70. The smallest absolute Gasteiger partial charge is 0.323 e. The number of amides is 2. The number of benzene rings is 3. The Bertz CT molecular complexity index is 1620. The van der Waals surface area contributed by atoms with Crippen molar-refractivity contribution in [3.05, 3.63) is 132 Å². The Kier molecular flexibility index (Phi) is 10.6. The fourth-order valence-electron chi connectivity index (χ4n) is 4.78. The molecule has 0 unspecified atom stereocenters. The maximum Gasteiger partial charge on any atom is 0.323 e. The molecule has 43 heavy (non-hydrogen) atoms. The lowest BCUT2D eigenvalue weighted by molar-refractivity contribution is 0.210. The van der Waals surface area contributed by atoms with Gasteiger partial charge in [0.2, 0.25) is 16.0 Å². The molecule has 5 aromatic rings. The number of rotatable bonds is 13. The molecule has 0 radical (unpaired) electrons. The van der Waals surface area contributed by atoms with Crippen molar-refractivity contribution in [2.45, 2.75) is 25.3 Å². The minimum atomic E-state index is -2.65. The van der Waals surface area contributed by atoms with Crippen LogP contribution in [0, 0.1) is 0 Å². The van der Waals surface area contributed by atoms with Crippen LogP contribution in [0.15, 0.2) is 109 Å². The Morgan fingerprint density at radius 1 is 0.837 bits per heavy atom. The molecule has 11 heteroatoms. The van der Waals surface area contributed by atoms with Gasteiger partial charge in [0.15, 0.2) is 5.82 Å². The average Bonchev–Trinajstić information content (AvgIpc) is 3.51. The van der Waals surface area contributed by atoms with Crippen LogP contribution in [0.3, 0.4) is 0 Å². The molecular weight excluding hydrogens is 581 g/mol. The summed E-state index contributed by atoms with van der Waals surface area (Å²) < 4.78 is 28.4. The van der Waals surface area contributed by atoms with Gasteiger partial charge in [0.05, 0.1) is 0 Å². The molecule has 0 atom stereocenters. The Morgan fingerprint density at radius 2 is 1.51 bits per heavy atom. The van der Waals surface area contributed by atoms with E-state index >= 15 is 0 Å². The zero-order valence-electron chi connectivity index (χ0n) is 23.4. The quantitative estimate of drug-likeness (QED) is 0.151. The molecule has 3 aromatic carbocycles. The third-order valence-electron chi connectivity index (χ3n) is 7.01. The van der Waals surface area contributed by atoms with Crippen LogP contribution in [0.25, 0.3) is 11.4 Å². The zero-order chi connectivity index (χ0) is 29.9. The summed E-state index contributed by atoms with van der Waals surface area (Å²) in [5.41, 5.74) is 4.92. The van der Waals surface area contributed by atoms with Crippen molar-refractivity contribution in [1.82, 2.24) is 24.0 Å². The fraction of sp³-hybridized carbons (Fsp3) is 0.188. The first-order chi connectivity index (χ1) is 21.0. The molecule has 0 spiro atoms. The predicted octanol–water partition coefficient (Wildman–Crippen LogP) is 5.51. The van der Waals surface area contributed by atoms with Crippen LogP contribution in [0.5, 0.6) is 0 Å². The van der Waals surface area contributed by atoms with E-state index in [2.05, 4.69) is 48.6 Å². The highest BCUT2D eigenvalue weighted by Gasteiger charge is 2.20. The largest absolute Gasteiger partial charge is 0.324 e. The first-order valence-corrected chi connectivity index (χ1v) is 15.9. The van der Waals surface area contributed by atoms with Crippen molar-refractivity contribution >= 4 is 33.6 Å². The summed E-state index contributed by atoms with van der Waals surface area (Å²) in [5, 5.41) is 3.35. The van der Waals surface area contributed by atoms with Crippen molar-refractivity contribution in [3.63, 3.8) is 0 Å². The molecule has 2 N–H and O–H groups in total. The molecule has 2 heterocycles. The number of thiol groups is 1. The maximum absolute atomic E-state index is 13.6. The molecule has 5 rings (SSSR count). The van der Waals surface area contributed by atoms with Crippen LogP contribution < -0.4 is 10.0 Å².